The van der Waals surface area contributed by atoms with Gasteiger partial charge >= 0.3 is 0 Å². The molecule has 148 valence electrons. The Morgan fingerprint density at radius 1 is 0.741 bits per heavy atom. The first-order valence-electron chi connectivity index (χ1n) is 11.0. The lowest BCUT2D eigenvalue weighted by Crippen LogP contribution is -2.00. The number of aromatic hydroxyl groups is 1. The fraction of sp³-hybridized carbons (Fsp3) is 0.538. The van der Waals surface area contributed by atoms with Crippen molar-refractivity contribution < 1.29 is 5.11 Å². The van der Waals surface area contributed by atoms with Gasteiger partial charge in [0.15, 0.2) is 0 Å². The normalized spacial score (nSPS) is 13.5. The molecule has 1 N–H and O–H groups in total. The lowest BCUT2D eigenvalue weighted by atomic mass is 9.86. The van der Waals surface area contributed by atoms with Gasteiger partial charge in [-0.25, -0.2) is 0 Å². The van der Waals surface area contributed by atoms with Crippen molar-refractivity contribution in [1.29, 1.82) is 0 Å². The molecule has 2 rings (SSSR count). The summed E-state index contributed by atoms with van der Waals surface area (Å²) >= 11 is 0. The highest BCUT2D eigenvalue weighted by Crippen LogP contribution is 2.35. The van der Waals surface area contributed by atoms with E-state index in [-0.39, 0.29) is 0 Å². The predicted octanol–water partition coefficient (Wildman–Crippen LogP) is 8.43. The number of benzene rings is 2. The zero-order valence-corrected chi connectivity index (χ0v) is 17.8. The van der Waals surface area contributed by atoms with Crippen LogP contribution < -0.4 is 0 Å². The van der Waals surface area contributed by atoms with E-state index in [1.807, 2.05) is 18.2 Å². The van der Waals surface area contributed by atoms with Crippen LogP contribution in [0, 0.1) is 0 Å². The Hall–Kier alpha value is -1.76. The van der Waals surface area contributed by atoms with Crippen LogP contribution in [0.25, 0.3) is 11.1 Å². The average Bonchev–Trinajstić information content (AvgIpc) is 2.68. The molecule has 0 radical (unpaired) electrons. The van der Waals surface area contributed by atoms with E-state index in [2.05, 4.69) is 45.9 Å². The fourth-order valence-electron chi connectivity index (χ4n) is 3.85. The molecule has 0 aliphatic rings. The molecule has 0 amide bonds. The molecular formula is C26H38O. The summed E-state index contributed by atoms with van der Waals surface area (Å²) in [7, 11) is 0. The Balaban J connectivity index is 2.33. The summed E-state index contributed by atoms with van der Waals surface area (Å²) in [5.74, 6) is 1.49. The van der Waals surface area contributed by atoms with Crippen LogP contribution in [-0.4, -0.2) is 5.11 Å². The van der Waals surface area contributed by atoms with E-state index in [1.165, 1.54) is 62.5 Å². The van der Waals surface area contributed by atoms with Crippen LogP contribution in [-0.2, 0) is 0 Å². The zero-order valence-electron chi connectivity index (χ0n) is 17.8. The second kappa shape index (κ2) is 11.2. The van der Waals surface area contributed by atoms with Gasteiger partial charge in [-0.2, -0.15) is 0 Å². The minimum absolute atomic E-state index is 0.373. The molecule has 0 aromatic heterocycles. The van der Waals surface area contributed by atoms with Crippen molar-refractivity contribution in [2.24, 2.45) is 0 Å². The van der Waals surface area contributed by atoms with Crippen LogP contribution in [0.1, 0.15) is 102 Å². The summed E-state index contributed by atoms with van der Waals surface area (Å²) < 4.78 is 0. The maximum absolute atomic E-state index is 10.4. The van der Waals surface area contributed by atoms with Gasteiger partial charge in [-0.3, -0.25) is 0 Å². The maximum atomic E-state index is 10.4. The van der Waals surface area contributed by atoms with Crippen molar-refractivity contribution in [2.75, 3.05) is 0 Å². The zero-order chi connectivity index (χ0) is 19.6. The third-order valence-corrected chi connectivity index (χ3v) is 5.81. The minimum Gasteiger partial charge on any atom is -0.507 e. The molecule has 0 spiro atoms. The number of para-hydroxylation sites is 1. The summed E-state index contributed by atoms with van der Waals surface area (Å²) in [6.45, 7) is 9.23. The van der Waals surface area contributed by atoms with Crippen LogP contribution >= 0.6 is 0 Å². The highest BCUT2D eigenvalue weighted by molar-refractivity contribution is 5.71. The fourth-order valence-corrected chi connectivity index (χ4v) is 3.85. The Bertz CT molecular complexity index is 654. The van der Waals surface area contributed by atoms with Gasteiger partial charge in [0.2, 0.25) is 0 Å². The van der Waals surface area contributed by atoms with Crippen LogP contribution in [0.2, 0.25) is 0 Å². The number of hydrogen-bond donors (Lipinski definition) is 1. The van der Waals surface area contributed by atoms with Crippen LogP contribution in [0.3, 0.4) is 0 Å². The molecule has 2 aromatic rings. The SMILES string of the molecule is CCCCCC(C)c1cc(-c2ccccc2O)cc(C(C)CCCCC)c1. The molecule has 0 fully saturated rings. The average molecular weight is 367 g/mol. The number of rotatable bonds is 11. The standard InChI is InChI=1S/C26H38O/c1-5-7-9-13-20(3)22-17-23(21(4)14-10-8-6-2)19-24(18-22)25-15-11-12-16-26(25)27/h11-12,15-21,27H,5-10,13-14H2,1-4H3. The number of unbranched alkanes of at least 4 members (excludes halogenated alkanes) is 4. The van der Waals surface area contributed by atoms with E-state index in [4.69, 9.17) is 0 Å². The number of hydrogen-bond acceptors (Lipinski definition) is 1. The summed E-state index contributed by atoms with van der Waals surface area (Å²) in [6, 6.07) is 14.7. The van der Waals surface area contributed by atoms with E-state index < -0.39 is 0 Å². The molecule has 1 heteroatoms. The molecule has 27 heavy (non-hydrogen) atoms. The van der Waals surface area contributed by atoms with E-state index in [1.54, 1.807) is 6.07 Å². The van der Waals surface area contributed by atoms with E-state index in [0.29, 0.717) is 17.6 Å². The van der Waals surface area contributed by atoms with Gasteiger partial charge in [-0.15, -0.1) is 0 Å². The highest BCUT2D eigenvalue weighted by Gasteiger charge is 2.14. The quantitative estimate of drug-likeness (QED) is 0.396. The van der Waals surface area contributed by atoms with Crippen molar-refractivity contribution in [3.63, 3.8) is 0 Å². The predicted molar refractivity (Wildman–Crippen MR) is 119 cm³/mol. The van der Waals surface area contributed by atoms with Crippen molar-refractivity contribution in [3.8, 4) is 16.9 Å². The third-order valence-electron chi connectivity index (χ3n) is 5.81. The van der Waals surface area contributed by atoms with Crippen LogP contribution in [0.15, 0.2) is 42.5 Å². The van der Waals surface area contributed by atoms with Gasteiger partial charge in [0, 0.05) is 5.56 Å². The first-order chi connectivity index (χ1) is 13.1. The largest absolute Gasteiger partial charge is 0.507 e. The second-order valence-corrected chi connectivity index (χ2v) is 8.20. The Labute approximate surface area is 166 Å². The van der Waals surface area contributed by atoms with E-state index in [0.717, 1.165) is 11.1 Å². The van der Waals surface area contributed by atoms with Crippen molar-refractivity contribution in [2.45, 2.75) is 90.9 Å². The first-order valence-corrected chi connectivity index (χ1v) is 11.0. The maximum Gasteiger partial charge on any atom is 0.123 e. The summed E-state index contributed by atoms with van der Waals surface area (Å²) in [4.78, 5) is 0. The van der Waals surface area contributed by atoms with Crippen molar-refractivity contribution >= 4 is 0 Å². The van der Waals surface area contributed by atoms with Gasteiger partial charge in [-0.05, 0) is 47.4 Å². The van der Waals surface area contributed by atoms with Gasteiger partial charge in [0.05, 0.1) is 0 Å². The van der Waals surface area contributed by atoms with E-state index in [9.17, 15) is 5.11 Å². The molecule has 0 aliphatic carbocycles. The van der Waals surface area contributed by atoms with E-state index >= 15 is 0 Å². The molecule has 2 atom stereocenters. The Kier molecular flexibility index (Phi) is 8.91. The Morgan fingerprint density at radius 3 is 1.74 bits per heavy atom. The van der Waals surface area contributed by atoms with Crippen LogP contribution in [0.5, 0.6) is 5.75 Å². The highest BCUT2D eigenvalue weighted by atomic mass is 16.3. The second-order valence-electron chi connectivity index (χ2n) is 8.20. The van der Waals surface area contributed by atoms with Gasteiger partial charge < -0.3 is 5.11 Å². The lowest BCUT2D eigenvalue weighted by molar-refractivity contribution is 0.477. The molecule has 0 saturated heterocycles. The van der Waals surface area contributed by atoms with Crippen LogP contribution in [0.4, 0.5) is 0 Å². The molecule has 0 bridgehead atoms. The minimum atomic E-state index is 0.373. The molecule has 2 unspecified atom stereocenters. The molecule has 2 aromatic carbocycles. The third kappa shape index (κ3) is 6.41. The van der Waals surface area contributed by atoms with Gasteiger partial charge in [0.1, 0.15) is 5.75 Å². The lowest BCUT2D eigenvalue weighted by Gasteiger charge is -2.19. The van der Waals surface area contributed by atoms with Gasteiger partial charge in [0.25, 0.3) is 0 Å². The summed E-state index contributed by atoms with van der Waals surface area (Å²) in [5, 5.41) is 10.4. The summed E-state index contributed by atoms with van der Waals surface area (Å²) in [5.41, 5.74) is 4.95. The van der Waals surface area contributed by atoms with Crippen molar-refractivity contribution in [3.05, 3.63) is 53.6 Å². The van der Waals surface area contributed by atoms with Crippen molar-refractivity contribution in [1.82, 2.24) is 0 Å². The smallest absolute Gasteiger partial charge is 0.123 e. The van der Waals surface area contributed by atoms with Gasteiger partial charge in [-0.1, -0.05) is 103 Å². The monoisotopic (exact) mass is 366 g/mol. The Morgan fingerprint density at radius 2 is 1.26 bits per heavy atom. The molecule has 1 nitrogen and oxygen atoms in total. The molecular weight excluding hydrogens is 328 g/mol. The first kappa shape index (κ1) is 21.5. The molecule has 0 saturated carbocycles. The summed E-state index contributed by atoms with van der Waals surface area (Å²) in [6.07, 6.45) is 10.2. The molecule has 0 heterocycles. The molecule has 0 aliphatic heterocycles. The number of phenols is 1. The topological polar surface area (TPSA) is 20.2 Å². The number of phenolic OH excluding ortho intramolecular Hbond substituents is 1.